The molecule has 25 heavy (non-hydrogen) atoms. The summed E-state index contributed by atoms with van der Waals surface area (Å²) in [4.78, 5) is 4.16. The van der Waals surface area contributed by atoms with E-state index in [9.17, 15) is 13.2 Å². The first kappa shape index (κ1) is 16.7. The van der Waals surface area contributed by atoms with Crippen LogP contribution in [0.2, 0.25) is 0 Å². The molecule has 0 unspecified atom stereocenters. The first-order valence-corrected chi connectivity index (χ1v) is 7.50. The Bertz CT molecular complexity index is 855. The van der Waals surface area contributed by atoms with Crippen molar-refractivity contribution in [3.05, 3.63) is 71.7 Å². The molecule has 0 bridgehead atoms. The molecule has 0 fully saturated rings. The Morgan fingerprint density at radius 3 is 2.44 bits per heavy atom. The van der Waals surface area contributed by atoms with Crippen molar-refractivity contribution in [3.8, 4) is 0 Å². The molecule has 0 atom stereocenters. The molecule has 128 valence electrons. The minimum Gasteiger partial charge on any atom is -0.353 e. The Hall–Kier alpha value is -3.16. The molecule has 8 heteroatoms. The fraction of sp³-hybridized carbons (Fsp3) is 0.118. The fourth-order valence-electron chi connectivity index (χ4n) is 2.14. The van der Waals surface area contributed by atoms with Crippen LogP contribution in [0, 0.1) is 17.5 Å². The number of rotatable bonds is 6. The molecule has 2 aromatic carbocycles. The number of anilines is 3. The summed E-state index contributed by atoms with van der Waals surface area (Å²) in [7, 11) is 0. The summed E-state index contributed by atoms with van der Waals surface area (Å²) >= 11 is 0. The van der Waals surface area contributed by atoms with Crippen LogP contribution >= 0.6 is 0 Å². The van der Waals surface area contributed by atoms with E-state index in [4.69, 9.17) is 0 Å². The van der Waals surface area contributed by atoms with E-state index < -0.39 is 11.6 Å². The maximum atomic E-state index is 13.6. The summed E-state index contributed by atoms with van der Waals surface area (Å²) in [6, 6.07) is 9.39. The molecule has 0 spiro atoms. The van der Waals surface area contributed by atoms with E-state index in [0.29, 0.717) is 13.0 Å². The van der Waals surface area contributed by atoms with Crippen LogP contribution < -0.4 is 10.6 Å². The standard InChI is InChI=1S/C17H14F3N5/c18-12-3-1-11(2-4-12)7-8-21-17-24-16(10-22-25-17)23-15-6-5-13(19)9-14(15)20/h1-6,9-10H,7-8H2,(H2,21,23,24,25). The van der Waals surface area contributed by atoms with Gasteiger partial charge in [0.05, 0.1) is 11.9 Å². The highest BCUT2D eigenvalue weighted by Gasteiger charge is 2.06. The van der Waals surface area contributed by atoms with Crippen LogP contribution in [0.25, 0.3) is 0 Å². The van der Waals surface area contributed by atoms with Gasteiger partial charge in [0.25, 0.3) is 0 Å². The number of benzene rings is 2. The summed E-state index contributed by atoms with van der Waals surface area (Å²) in [5.74, 6) is -1.15. The van der Waals surface area contributed by atoms with Crippen molar-refractivity contribution in [1.29, 1.82) is 0 Å². The summed E-state index contributed by atoms with van der Waals surface area (Å²) in [6.07, 6.45) is 1.97. The average Bonchev–Trinajstić information content (AvgIpc) is 2.60. The summed E-state index contributed by atoms with van der Waals surface area (Å²) in [5, 5.41) is 13.3. The molecular weight excluding hydrogens is 331 g/mol. The number of halogens is 3. The van der Waals surface area contributed by atoms with Gasteiger partial charge in [-0.3, -0.25) is 0 Å². The number of nitrogens with zero attached hydrogens (tertiary/aromatic N) is 3. The molecule has 0 saturated carbocycles. The number of aromatic nitrogens is 3. The van der Waals surface area contributed by atoms with Crippen LogP contribution in [0.3, 0.4) is 0 Å². The Labute approximate surface area is 141 Å². The highest BCUT2D eigenvalue weighted by Crippen LogP contribution is 2.19. The zero-order valence-electron chi connectivity index (χ0n) is 13.0. The molecule has 1 aromatic heterocycles. The molecule has 0 aliphatic rings. The molecule has 5 nitrogen and oxygen atoms in total. The lowest BCUT2D eigenvalue weighted by Crippen LogP contribution is -2.10. The van der Waals surface area contributed by atoms with E-state index in [1.54, 1.807) is 12.1 Å². The Kier molecular flexibility index (Phi) is 5.08. The average molecular weight is 345 g/mol. The van der Waals surface area contributed by atoms with Crippen LogP contribution in [-0.2, 0) is 6.42 Å². The van der Waals surface area contributed by atoms with Gasteiger partial charge in [0.15, 0.2) is 5.82 Å². The SMILES string of the molecule is Fc1ccc(CCNc2nncc(Nc3ccc(F)cc3F)n2)cc1. The quantitative estimate of drug-likeness (QED) is 0.713. The van der Waals surface area contributed by atoms with Gasteiger partial charge < -0.3 is 10.6 Å². The molecule has 0 aliphatic carbocycles. The van der Waals surface area contributed by atoms with Gasteiger partial charge in [0.1, 0.15) is 17.5 Å². The highest BCUT2D eigenvalue weighted by atomic mass is 19.1. The van der Waals surface area contributed by atoms with Crippen molar-refractivity contribution in [2.45, 2.75) is 6.42 Å². The normalized spacial score (nSPS) is 10.5. The third kappa shape index (κ3) is 4.66. The van der Waals surface area contributed by atoms with E-state index >= 15 is 0 Å². The van der Waals surface area contributed by atoms with Crippen LogP contribution in [0.5, 0.6) is 0 Å². The van der Waals surface area contributed by atoms with Gasteiger partial charge in [-0.15, -0.1) is 5.10 Å². The molecular formula is C17H14F3N5. The third-order valence-electron chi connectivity index (χ3n) is 3.36. The molecule has 3 aromatic rings. The monoisotopic (exact) mass is 345 g/mol. The van der Waals surface area contributed by atoms with Gasteiger partial charge in [0, 0.05) is 12.6 Å². The van der Waals surface area contributed by atoms with Crippen molar-refractivity contribution in [2.75, 3.05) is 17.2 Å². The molecule has 0 radical (unpaired) electrons. The molecule has 0 amide bonds. The molecule has 1 heterocycles. The molecule has 0 saturated heterocycles. The van der Waals surface area contributed by atoms with Crippen molar-refractivity contribution >= 4 is 17.5 Å². The lowest BCUT2D eigenvalue weighted by Gasteiger charge is -2.08. The van der Waals surface area contributed by atoms with Crippen LogP contribution in [-0.4, -0.2) is 21.7 Å². The summed E-state index contributed by atoms with van der Waals surface area (Å²) in [5.41, 5.74) is 1.05. The predicted octanol–water partition coefficient (Wildman–Crippen LogP) is 3.69. The molecule has 3 rings (SSSR count). The van der Waals surface area contributed by atoms with Gasteiger partial charge in [-0.25, -0.2) is 13.2 Å². The van der Waals surface area contributed by atoms with Gasteiger partial charge in [-0.05, 0) is 36.2 Å². The number of hydrogen-bond acceptors (Lipinski definition) is 5. The molecule has 0 aliphatic heterocycles. The first-order chi connectivity index (χ1) is 12.1. The number of hydrogen-bond donors (Lipinski definition) is 2. The maximum Gasteiger partial charge on any atom is 0.244 e. The predicted molar refractivity (Wildman–Crippen MR) is 88.1 cm³/mol. The lowest BCUT2D eigenvalue weighted by atomic mass is 10.1. The zero-order valence-corrected chi connectivity index (χ0v) is 13.0. The fourth-order valence-corrected chi connectivity index (χ4v) is 2.14. The van der Waals surface area contributed by atoms with Crippen LogP contribution in [0.15, 0.2) is 48.7 Å². The second kappa shape index (κ2) is 7.61. The Morgan fingerprint density at radius 1 is 0.920 bits per heavy atom. The minimum absolute atomic E-state index is 0.0826. The van der Waals surface area contributed by atoms with E-state index in [2.05, 4.69) is 25.8 Å². The largest absolute Gasteiger partial charge is 0.353 e. The highest BCUT2D eigenvalue weighted by molar-refractivity contribution is 5.56. The Balaban J connectivity index is 1.60. The second-order valence-corrected chi connectivity index (χ2v) is 5.22. The smallest absolute Gasteiger partial charge is 0.244 e. The first-order valence-electron chi connectivity index (χ1n) is 7.50. The van der Waals surface area contributed by atoms with E-state index in [1.807, 2.05) is 0 Å². The van der Waals surface area contributed by atoms with Gasteiger partial charge >= 0.3 is 0 Å². The van der Waals surface area contributed by atoms with Crippen molar-refractivity contribution in [1.82, 2.24) is 15.2 Å². The Morgan fingerprint density at radius 2 is 1.68 bits per heavy atom. The van der Waals surface area contributed by atoms with Crippen molar-refractivity contribution in [2.24, 2.45) is 0 Å². The maximum absolute atomic E-state index is 13.6. The zero-order chi connectivity index (χ0) is 17.6. The van der Waals surface area contributed by atoms with Crippen LogP contribution in [0.1, 0.15) is 5.56 Å². The lowest BCUT2D eigenvalue weighted by molar-refractivity contribution is 0.586. The second-order valence-electron chi connectivity index (χ2n) is 5.22. The van der Waals surface area contributed by atoms with E-state index in [0.717, 1.165) is 17.7 Å². The summed E-state index contributed by atoms with van der Waals surface area (Å²) in [6.45, 7) is 0.516. The third-order valence-corrected chi connectivity index (χ3v) is 3.36. The number of nitrogens with one attached hydrogen (secondary N) is 2. The van der Waals surface area contributed by atoms with Crippen molar-refractivity contribution < 1.29 is 13.2 Å². The summed E-state index contributed by atoms with van der Waals surface area (Å²) < 4.78 is 39.4. The minimum atomic E-state index is -0.732. The topological polar surface area (TPSA) is 62.7 Å². The van der Waals surface area contributed by atoms with Gasteiger partial charge in [-0.2, -0.15) is 10.1 Å². The van der Waals surface area contributed by atoms with Gasteiger partial charge in [0.2, 0.25) is 5.95 Å². The molecule has 2 N–H and O–H groups in total. The van der Waals surface area contributed by atoms with Gasteiger partial charge in [-0.1, -0.05) is 12.1 Å². The van der Waals surface area contributed by atoms with E-state index in [-0.39, 0.29) is 23.3 Å². The van der Waals surface area contributed by atoms with Crippen LogP contribution in [0.4, 0.5) is 30.6 Å². The van der Waals surface area contributed by atoms with Crippen molar-refractivity contribution in [3.63, 3.8) is 0 Å². The van der Waals surface area contributed by atoms with E-state index in [1.165, 1.54) is 24.4 Å².